The van der Waals surface area contributed by atoms with Crippen molar-refractivity contribution in [3.05, 3.63) is 71.9 Å². The highest BCUT2D eigenvalue weighted by Gasteiger charge is 2.13. The molecule has 0 aliphatic rings. The average molecular weight is 391 g/mol. The van der Waals surface area contributed by atoms with Gasteiger partial charge in [-0.25, -0.2) is 4.98 Å². The molecule has 0 spiro atoms. The molecule has 0 aliphatic heterocycles. The summed E-state index contributed by atoms with van der Waals surface area (Å²) in [5.41, 5.74) is 7.54. The van der Waals surface area contributed by atoms with E-state index in [1.165, 1.54) is 0 Å². The molecule has 0 aliphatic carbocycles. The molecule has 3 rings (SSSR count). The Kier molecular flexibility index (Phi) is 6.34. The number of aryl methyl sites for hydroxylation is 1. The van der Waals surface area contributed by atoms with Gasteiger partial charge in [-0.15, -0.1) is 0 Å². The van der Waals surface area contributed by atoms with Crippen LogP contribution in [0.2, 0.25) is 0 Å². The van der Waals surface area contributed by atoms with Crippen molar-refractivity contribution < 1.29 is 14.3 Å². The predicted molar refractivity (Wildman–Crippen MR) is 115 cm³/mol. The van der Waals surface area contributed by atoms with Crippen LogP contribution in [0.4, 0.5) is 11.5 Å². The van der Waals surface area contributed by atoms with E-state index in [9.17, 15) is 4.79 Å². The summed E-state index contributed by atoms with van der Waals surface area (Å²) >= 11 is 0. The Morgan fingerprint density at radius 2 is 1.86 bits per heavy atom. The Hall–Kier alpha value is -3.54. The zero-order chi connectivity index (χ0) is 20.8. The number of rotatable bonds is 7. The molecule has 2 aromatic carbocycles. The number of ether oxygens (including phenoxy) is 2. The van der Waals surface area contributed by atoms with Gasteiger partial charge in [0.1, 0.15) is 11.6 Å². The molecular formula is C23H25N3O3. The second kappa shape index (κ2) is 9.10. The first-order chi connectivity index (χ1) is 14.0. The van der Waals surface area contributed by atoms with Crippen LogP contribution in [-0.2, 0) is 0 Å². The van der Waals surface area contributed by atoms with Gasteiger partial charge in [-0.2, -0.15) is 0 Å². The maximum absolute atomic E-state index is 12.5. The molecule has 1 amide bonds. The lowest BCUT2D eigenvalue weighted by molar-refractivity contribution is 0.102. The number of nitrogen functional groups attached to an aromatic ring is 1. The first-order valence-electron chi connectivity index (χ1n) is 9.54. The van der Waals surface area contributed by atoms with Gasteiger partial charge in [-0.05, 0) is 56.7 Å². The van der Waals surface area contributed by atoms with E-state index in [2.05, 4.69) is 17.2 Å². The number of hydrogen-bond donors (Lipinski definition) is 2. The first kappa shape index (κ1) is 20.2. The number of pyridine rings is 1. The standard InChI is InChI=1S/C23H25N3O3/c1-4-16(3)28-20-10-5-6-11-21(20)29-18-9-7-8-17(14-18)26-23(27)19-13-12-15(2)25-22(19)24/h5-14,16H,4H2,1-3H3,(H2,24,25)(H,26,27). The fourth-order valence-corrected chi connectivity index (χ4v) is 2.66. The molecule has 1 aromatic heterocycles. The highest BCUT2D eigenvalue weighted by molar-refractivity contribution is 6.07. The maximum Gasteiger partial charge on any atom is 0.259 e. The molecule has 3 aromatic rings. The van der Waals surface area contributed by atoms with Crippen LogP contribution in [-0.4, -0.2) is 17.0 Å². The van der Waals surface area contributed by atoms with E-state index >= 15 is 0 Å². The van der Waals surface area contributed by atoms with E-state index in [1.807, 2.05) is 44.2 Å². The molecule has 0 saturated carbocycles. The van der Waals surface area contributed by atoms with Crippen molar-refractivity contribution in [1.82, 2.24) is 4.98 Å². The van der Waals surface area contributed by atoms with Crippen LogP contribution in [0, 0.1) is 6.92 Å². The zero-order valence-corrected chi connectivity index (χ0v) is 16.8. The predicted octanol–water partition coefficient (Wildman–Crippen LogP) is 5.19. The molecule has 6 heteroatoms. The number of nitrogens with one attached hydrogen (secondary N) is 1. The minimum absolute atomic E-state index is 0.0824. The Balaban J connectivity index is 1.76. The van der Waals surface area contributed by atoms with Crippen LogP contribution in [0.3, 0.4) is 0 Å². The molecule has 3 N–H and O–H groups in total. The SMILES string of the molecule is CCC(C)Oc1ccccc1Oc1cccc(NC(=O)c2ccc(C)nc2N)c1. The van der Waals surface area contributed by atoms with Crippen LogP contribution >= 0.6 is 0 Å². The number of carbonyl (C=O) groups excluding carboxylic acids is 1. The molecule has 0 bridgehead atoms. The Morgan fingerprint density at radius 3 is 2.59 bits per heavy atom. The Labute approximate surface area is 170 Å². The quantitative estimate of drug-likeness (QED) is 0.578. The minimum Gasteiger partial charge on any atom is -0.487 e. The van der Waals surface area contributed by atoms with E-state index in [0.717, 1.165) is 12.1 Å². The summed E-state index contributed by atoms with van der Waals surface area (Å²) in [6.07, 6.45) is 0.978. The lowest BCUT2D eigenvalue weighted by Gasteiger charge is -2.16. The Bertz CT molecular complexity index is 1000. The lowest BCUT2D eigenvalue weighted by Crippen LogP contribution is -2.15. The largest absolute Gasteiger partial charge is 0.487 e. The monoisotopic (exact) mass is 391 g/mol. The summed E-state index contributed by atoms with van der Waals surface area (Å²) in [4.78, 5) is 16.7. The van der Waals surface area contributed by atoms with Gasteiger partial charge >= 0.3 is 0 Å². The molecule has 0 fully saturated rings. The number of para-hydroxylation sites is 2. The van der Waals surface area contributed by atoms with Gasteiger partial charge in [0.25, 0.3) is 5.91 Å². The topological polar surface area (TPSA) is 86.5 Å². The number of aromatic nitrogens is 1. The second-order valence-electron chi connectivity index (χ2n) is 6.75. The third-order valence-electron chi connectivity index (χ3n) is 4.38. The van der Waals surface area contributed by atoms with Crippen LogP contribution in [0.25, 0.3) is 0 Å². The smallest absolute Gasteiger partial charge is 0.259 e. The highest BCUT2D eigenvalue weighted by Crippen LogP contribution is 2.33. The Morgan fingerprint density at radius 1 is 1.10 bits per heavy atom. The third-order valence-corrected chi connectivity index (χ3v) is 4.38. The summed E-state index contributed by atoms with van der Waals surface area (Å²) in [6, 6.07) is 18.1. The lowest BCUT2D eigenvalue weighted by atomic mass is 10.2. The average Bonchev–Trinajstić information content (AvgIpc) is 2.69. The fourth-order valence-electron chi connectivity index (χ4n) is 2.66. The van der Waals surface area contributed by atoms with Gasteiger partial charge in [0, 0.05) is 17.4 Å². The van der Waals surface area contributed by atoms with Crippen molar-refractivity contribution in [3.8, 4) is 17.2 Å². The number of nitrogens with two attached hydrogens (primary N) is 1. The van der Waals surface area contributed by atoms with Crippen molar-refractivity contribution >= 4 is 17.4 Å². The summed E-state index contributed by atoms with van der Waals surface area (Å²) in [6.45, 7) is 5.90. The summed E-state index contributed by atoms with van der Waals surface area (Å²) in [5, 5.41) is 2.83. The fraction of sp³-hybridized carbons (Fsp3) is 0.217. The molecule has 6 nitrogen and oxygen atoms in total. The van der Waals surface area contributed by atoms with E-state index < -0.39 is 0 Å². The molecule has 0 saturated heterocycles. The molecule has 1 unspecified atom stereocenters. The molecule has 29 heavy (non-hydrogen) atoms. The van der Waals surface area contributed by atoms with Gasteiger partial charge in [0.05, 0.1) is 11.7 Å². The number of amides is 1. The number of nitrogens with zero attached hydrogens (tertiary/aromatic N) is 1. The number of hydrogen-bond acceptors (Lipinski definition) is 5. The molecule has 150 valence electrons. The van der Waals surface area contributed by atoms with Crippen LogP contribution in [0.1, 0.15) is 36.3 Å². The summed E-state index contributed by atoms with van der Waals surface area (Å²) in [7, 11) is 0. The molecular weight excluding hydrogens is 366 g/mol. The van der Waals surface area contributed by atoms with E-state index in [0.29, 0.717) is 28.5 Å². The molecule has 0 radical (unpaired) electrons. The van der Waals surface area contributed by atoms with Crippen molar-refractivity contribution in [3.63, 3.8) is 0 Å². The van der Waals surface area contributed by atoms with Crippen molar-refractivity contribution in [2.24, 2.45) is 0 Å². The highest BCUT2D eigenvalue weighted by atomic mass is 16.5. The number of anilines is 2. The van der Waals surface area contributed by atoms with Gasteiger partial charge in [-0.1, -0.05) is 25.1 Å². The van der Waals surface area contributed by atoms with Gasteiger partial charge < -0.3 is 20.5 Å². The van der Waals surface area contributed by atoms with Gasteiger partial charge in [0.15, 0.2) is 11.5 Å². The van der Waals surface area contributed by atoms with Gasteiger partial charge in [-0.3, -0.25) is 4.79 Å². The third kappa shape index (κ3) is 5.25. The molecule has 1 atom stereocenters. The van der Waals surface area contributed by atoms with Crippen molar-refractivity contribution in [2.45, 2.75) is 33.3 Å². The summed E-state index contributed by atoms with van der Waals surface area (Å²) in [5.74, 6) is 1.75. The summed E-state index contributed by atoms with van der Waals surface area (Å²) < 4.78 is 11.9. The second-order valence-corrected chi connectivity index (χ2v) is 6.75. The number of benzene rings is 2. The van der Waals surface area contributed by atoms with E-state index in [4.69, 9.17) is 15.2 Å². The number of carbonyl (C=O) groups is 1. The van der Waals surface area contributed by atoms with E-state index in [-0.39, 0.29) is 17.8 Å². The maximum atomic E-state index is 12.5. The van der Waals surface area contributed by atoms with Crippen LogP contribution in [0.15, 0.2) is 60.7 Å². The molecule has 1 heterocycles. The van der Waals surface area contributed by atoms with Crippen LogP contribution in [0.5, 0.6) is 17.2 Å². The van der Waals surface area contributed by atoms with Gasteiger partial charge in [0.2, 0.25) is 0 Å². The van der Waals surface area contributed by atoms with Crippen molar-refractivity contribution in [2.75, 3.05) is 11.1 Å². The van der Waals surface area contributed by atoms with Crippen LogP contribution < -0.4 is 20.5 Å². The van der Waals surface area contributed by atoms with E-state index in [1.54, 1.807) is 30.3 Å². The van der Waals surface area contributed by atoms with Crippen molar-refractivity contribution in [1.29, 1.82) is 0 Å². The minimum atomic E-state index is -0.326. The normalized spacial score (nSPS) is 11.6. The first-order valence-corrected chi connectivity index (χ1v) is 9.54. The zero-order valence-electron chi connectivity index (χ0n) is 16.8.